The highest BCUT2D eigenvalue weighted by Gasteiger charge is 2.27. The largest absolute Gasteiger partial charge is 0.487 e. The molecule has 1 saturated heterocycles. The quantitative estimate of drug-likeness (QED) is 0.736. The molecule has 160 valence electrons. The van der Waals surface area contributed by atoms with Gasteiger partial charge in [0.1, 0.15) is 11.9 Å². The second kappa shape index (κ2) is 9.89. The van der Waals surface area contributed by atoms with E-state index in [1.807, 2.05) is 0 Å². The van der Waals surface area contributed by atoms with Crippen LogP contribution < -0.4 is 10.1 Å². The predicted molar refractivity (Wildman–Crippen MR) is 109 cm³/mol. The second-order valence-corrected chi connectivity index (χ2v) is 7.72. The highest BCUT2D eigenvalue weighted by molar-refractivity contribution is 6.30. The first kappa shape index (κ1) is 22.0. The van der Waals surface area contributed by atoms with Crippen LogP contribution in [0, 0.1) is 11.6 Å². The fourth-order valence-corrected chi connectivity index (χ4v) is 3.60. The number of benzene rings is 2. The average molecular weight is 437 g/mol. The fourth-order valence-electron chi connectivity index (χ4n) is 3.47. The Labute approximate surface area is 179 Å². The van der Waals surface area contributed by atoms with Crippen molar-refractivity contribution in [1.82, 2.24) is 10.2 Å². The zero-order chi connectivity index (χ0) is 21.7. The molecule has 1 N–H and O–H groups in total. The van der Waals surface area contributed by atoms with Gasteiger partial charge in [-0.1, -0.05) is 23.7 Å². The van der Waals surface area contributed by atoms with Gasteiger partial charge in [-0.15, -0.1) is 0 Å². The zero-order valence-electron chi connectivity index (χ0n) is 16.5. The Hall–Kier alpha value is -2.67. The summed E-state index contributed by atoms with van der Waals surface area (Å²) in [6, 6.07) is 9.76. The molecule has 0 aliphatic carbocycles. The van der Waals surface area contributed by atoms with E-state index < -0.39 is 17.7 Å². The fraction of sp³-hybridized carbons (Fsp3) is 0.364. The topological polar surface area (TPSA) is 58.6 Å². The van der Waals surface area contributed by atoms with E-state index in [0.717, 1.165) is 17.7 Å². The first-order valence-electron chi connectivity index (χ1n) is 9.74. The van der Waals surface area contributed by atoms with E-state index in [0.29, 0.717) is 31.0 Å². The first-order chi connectivity index (χ1) is 14.3. The molecule has 1 aliphatic rings. The summed E-state index contributed by atoms with van der Waals surface area (Å²) in [5.74, 6) is -1.70. The lowest BCUT2D eigenvalue weighted by molar-refractivity contribution is -0.133. The van der Waals surface area contributed by atoms with Crippen LogP contribution in [0.4, 0.5) is 8.78 Å². The van der Waals surface area contributed by atoms with Crippen LogP contribution in [0.3, 0.4) is 0 Å². The smallest absolute Gasteiger partial charge is 0.224 e. The SMILES string of the molecule is CC(=O)NC(CC(=O)N1CCC(Oc2ccc(F)cc2F)CC1)c1ccc(Cl)cc1. The summed E-state index contributed by atoms with van der Waals surface area (Å²) in [6.45, 7) is 2.32. The van der Waals surface area contributed by atoms with Crippen molar-refractivity contribution in [3.63, 3.8) is 0 Å². The summed E-state index contributed by atoms with van der Waals surface area (Å²) in [5.41, 5.74) is 0.799. The van der Waals surface area contributed by atoms with E-state index in [1.54, 1.807) is 29.2 Å². The monoisotopic (exact) mass is 436 g/mol. The molecule has 8 heteroatoms. The summed E-state index contributed by atoms with van der Waals surface area (Å²) in [5, 5.41) is 3.39. The standard InChI is InChI=1S/C22H23ClF2N2O3/c1-14(28)26-20(15-2-4-16(23)5-3-15)13-22(29)27-10-8-18(9-11-27)30-21-7-6-17(24)12-19(21)25/h2-7,12,18,20H,8-11,13H2,1H3,(H,26,28). The minimum atomic E-state index is -0.741. The van der Waals surface area contributed by atoms with Crippen LogP contribution in [0.5, 0.6) is 5.75 Å². The molecule has 3 rings (SSSR count). The Morgan fingerprint density at radius 2 is 1.83 bits per heavy atom. The molecule has 0 bridgehead atoms. The molecule has 5 nitrogen and oxygen atoms in total. The van der Waals surface area contributed by atoms with Gasteiger partial charge in [-0.25, -0.2) is 8.78 Å². The third-order valence-electron chi connectivity index (χ3n) is 5.01. The van der Waals surface area contributed by atoms with Crippen molar-refractivity contribution >= 4 is 23.4 Å². The Kier molecular flexibility index (Phi) is 7.26. The van der Waals surface area contributed by atoms with Crippen molar-refractivity contribution in [2.75, 3.05) is 13.1 Å². The van der Waals surface area contributed by atoms with Gasteiger partial charge in [-0.05, 0) is 29.8 Å². The van der Waals surface area contributed by atoms with Crippen LogP contribution in [-0.2, 0) is 9.59 Å². The number of likely N-dealkylation sites (tertiary alicyclic amines) is 1. The number of hydrogen-bond acceptors (Lipinski definition) is 3. The molecule has 2 aromatic rings. The van der Waals surface area contributed by atoms with Crippen LogP contribution >= 0.6 is 11.6 Å². The molecule has 30 heavy (non-hydrogen) atoms. The van der Waals surface area contributed by atoms with Crippen molar-refractivity contribution in [2.24, 2.45) is 0 Å². The number of carbonyl (C=O) groups excluding carboxylic acids is 2. The van der Waals surface area contributed by atoms with Gasteiger partial charge in [0.05, 0.1) is 12.5 Å². The van der Waals surface area contributed by atoms with Crippen molar-refractivity contribution in [3.8, 4) is 5.75 Å². The Morgan fingerprint density at radius 3 is 2.43 bits per heavy atom. The maximum atomic E-state index is 13.8. The Bertz CT molecular complexity index is 900. The molecule has 2 aromatic carbocycles. The van der Waals surface area contributed by atoms with Gasteiger partial charge in [0.2, 0.25) is 11.8 Å². The molecule has 0 saturated carbocycles. The number of nitrogens with zero attached hydrogens (tertiary/aromatic N) is 1. The molecular weight excluding hydrogens is 414 g/mol. The molecule has 1 atom stereocenters. The summed E-state index contributed by atoms with van der Waals surface area (Å²) >= 11 is 5.92. The van der Waals surface area contributed by atoms with Crippen molar-refractivity contribution in [2.45, 2.75) is 38.3 Å². The maximum Gasteiger partial charge on any atom is 0.224 e. The van der Waals surface area contributed by atoms with Gasteiger partial charge in [0.15, 0.2) is 11.6 Å². The average Bonchev–Trinajstić information content (AvgIpc) is 2.70. The lowest BCUT2D eigenvalue weighted by Crippen LogP contribution is -2.43. The zero-order valence-corrected chi connectivity index (χ0v) is 17.3. The molecule has 0 radical (unpaired) electrons. The molecule has 0 aromatic heterocycles. The van der Waals surface area contributed by atoms with Crippen LogP contribution in [0.1, 0.15) is 37.8 Å². The Balaban J connectivity index is 1.56. The van der Waals surface area contributed by atoms with Crippen molar-refractivity contribution < 1.29 is 23.1 Å². The first-order valence-corrected chi connectivity index (χ1v) is 10.1. The number of ether oxygens (including phenoxy) is 1. The van der Waals surface area contributed by atoms with E-state index in [4.69, 9.17) is 16.3 Å². The molecule has 2 amide bonds. The van der Waals surface area contributed by atoms with Gasteiger partial charge in [-0.3, -0.25) is 9.59 Å². The summed E-state index contributed by atoms with van der Waals surface area (Å²) in [7, 11) is 0. The van der Waals surface area contributed by atoms with Crippen LogP contribution in [0.2, 0.25) is 5.02 Å². The van der Waals surface area contributed by atoms with E-state index in [-0.39, 0.29) is 30.1 Å². The molecule has 1 aliphatic heterocycles. The maximum absolute atomic E-state index is 13.8. The third-order valence-corrected chi connectivity index (χ3v) is 5.26. The normalized spacial score (nSPS) is 15.5. The van der Waals surface area contributed by atoms with Crippen LogP contribution in [-0.4, -0.2) is 35.9 Å². The van der Waals surface area contributed by atoms with Crippen LogP contribution in [0.15, 0.2) is 42.5 Å². The second-order valence-electron chi connectivity index (χ2n) is 7.28. The Morgan fingerprint density at radius 1 is 1.17 bits per heavy atom. The summed E-state index contributed by atoms with van der Waals surface area (Å²) < 4.78 is 32.4. The number of halogens is 3. The third kappa shape index (κ3) is 5.92. The van der Waals surface area contributed by atoms with Gasteiger partial charge in [-0.2, -0.15) is 0 Å². The van der Waals surface area contributed by atoms with Crippen molar-refractivity contribution in [1.29, 1.82) is 0 Å². The van der Waals surface area contributed by atoms with Gasteiger partial charge in [0, 0.05) is 43.9 Å². The number of piperidine rings is 1. The minimum Gasteiger partial charge on any atom is -0.487 e. The number of nitrogens with one attached hydrogen (secondary N) is 1. The number of amides is 2. The minimum absolute atomic E-state index is 0.00892. The predicted octanol–water partition coefficient (Wildman–Crippen LogP) is 4.26. The highest BCUT2D eigenvalue weighted by Crippen LogP contribution is 2.25. The summed E-state index contributed by atoms with van der Waals surface area (Å²) in [4.78, 5) is 26.1. The van der Waals surface area contributed by atoms with Gasteiger partial charge >= 0.3 is 0 Å². The molecule has 1 heterocycles. The van der Waals surface area contributed by atoms with Gasteiger partial charge in [0.25, 0.3) is 0 Å². The highest BCUT2D eigenvalue weighted by atomic mass is 35.5. The van der Waals surface area contributed by atoms with Gasteiger partial charge < -0.3 is 15.0 Å². The molecule has 0 spiro atoms. The lowest BCUT2D eigenvalue weighted by Gasteiger charge is -2.33. The number of rotatable bonds is 6. The van der Waals surface area contributed by atoms with Crippen molar-refractivity contribution in [3.05, 3.63) is 64.7 Å². The number of carbonyl (C=O) groups is 2. The lowest BCUT2D eigenvalue weighted by atomic mass is 10.0. The summed E-state index contributed by atoms with van der Waals surface area (Å²) in [6.07, 6.45) is 0.943. The molecule has 1 unspecified atom stereocenters. The van der Waals surface area contributed by atoms with E-state index >= 15 is 0 Å². The van der Waals surface area contributed by atoms with E-state index in [2.05, 4.69) is 5.32 Å². The van der Waals surface area contributed by atoms with Crippen LogP contribution in [0.25, 0.3) is 0 Å². The van der Waals surface area contributed by atoms with E-state index in [1.165, 1.54) is 13.0 Å². The molecule has 1 fully saturated rings. The molecular formula is C22H23ClF2N2O3. The number of hydrogen-bond donors (Lipinski definition) is 1. The van der Waals surface area contributed by atoms with E-state index in [9.17, 15) is 18.4 Å².